The Balaban J connectivity index is 2.48. The van der Waals surface area contributed by atoms with Crippen molar-refractivity contribution in [3.63, 3.8) is 0 Å². The van der Waals surface area contributed by atoms with Crippen molar-refractivity contribution in [3.05, 3.63) is 41.9 Å². The second-order valence-electron chi connectivity index (χ2n) is 3.74. The molecule has 6 nitrogen and oxygen atoms in total. The third-order valence-corrected chi connectivity index (χ3v) is 2.39. The quantitative estimate of drug-likeness (QED) is 0.797. The maximum absolute atomic E-state index is 11.0. The van der Waals surface area contributed by atoms with E-state index in [0.717, 1.165) is 5.56 Å². The number of carbonyl (C=O) groups is 1. The summed E-state index contributed by atoms with van der Waals surface area (Å²) in [7, 11) is 0. The highest BCUT2D eigenvalue weighted by Gasteiger charge is 2.12. The summed E-state index contributed by atoms with van der Waals surface area (Å²) in [5.41, 5.74) is 12.2. The molecule has 0 aliphatic carbocycles. The molecule has 2 heterocycles. The van der Waals surface area contributed by atoms with Crippen LogP contribution in [-0.4, -0.2) is 20.7 Å². The molecule has 0 unspecified atom stereocenters. The van der Waals surface area contributed by atoms with Crippen LogP contribution in [0.1, 0.15) is 28.9 Å². The van der Waals surface area contributed by atoms with Crippen LogP contribution in [0.3, 0.4) is 0 Å². The zero-order valence-electron chi connectivity index (χ0n) is 9.37. The first-order chi connectivity index (χ1) is 8.09. The molecule has 0 fully saturated rings. The monoisotopic (exact) mass is 231 g/mol. The van der Waals surface area contributed by atoms with Gasteiger partial charge >= 0.3 is 0 Å². The fourth-order valence-corrected chi connectivity index (χ4v) is 1.52. The molecule has 0 radical (unpaired) electrons. The normalized spacial score (nSPS) is 12.4. The number of rotatable bonds is 3. The molecule has 2 aromatic heterocycles. The van der Waals surface area contributed by atoms with Crippen molar-refractivity contribution >= 4 is 5.91 Å². The summed E-state index contributed by atoms with van der Waals surface area (Å²) in [6, 6.07) is 3.51. The number of nitrogens with zero attached hydrogens (tertiary/aromatic N) is 3. The van der Waals surface area contributed by atoms with E-state index in [0.29, 0.717) is 11.4 Å². The van der Waals surface area contributed by atoms with Gasteiger partial charge in [0.2, 0.25) is 0 Å². The summed E-state index contributed by atoms with van der Waals surface area (Å²) in [5.74, 6) is 0.0875. The molecule has 0 aliphatic heterocycles. The molecule has 17 heavy (non-hydrogen) atoms. The van der Waals surface area contributed by atoms with E-state index >= 15 is 0 Å². The van der Waals surface area contributed by atoms with Gasteiger partial charge in [-0.05, 0) is 13.0 Å². The molecule has 0 aliphatic rings. The van der Waals surface area contributed by atoms with E-state index in [9.17, 15) is 4.79 Å². The summed E-state index contributed by atoms with van der Waals surface area (Å²) in [5, 5.41) is 4.05. The minimum Gasteiger partial charge on any atom is -0.366 e. The minimum atomic E-state index is -0.519. The van der Waals surface area contributed by atoms with Crippen LogP contribution in [0.25, 0.3) is 5.82 Å². The summed E-state index contributed by atoms with van der Waals surface area (Å²) < 4.78 is 1.50. The predicted octanol–water partition coefficient (Wildman–Crippen LogP) is 0.386. The van der Waals surface area contributed by atoms with E-state index in [4.69, 9.17) is 11.5 Å². The Morgan fingerprint density at radius 1 is 1.53 bits per heavy atom. The third-order valence-electron chi connectivity index (χ3n) is 2.39. The number of hydrogen-bond donors (Lipinski definition) is 2. The lowest BCUT2D eigenvalue weighted by atomic mass is 10.1. The molecule has 1 amide bonds. The van der Waals surface area contributed by atoms with Crippen LogP contribution in [0, 0.1) is 0 Å². The van der Waals surface area contributed by atoms with Gasteiger partial charge in [-0.1, -0.05) is 6.07 Å². The Hall–Kier alpha value is -2.21. The van der Waals surface area contributed by atoms with Gasteiger partial charge in [0, 0.05) is 24.0 Å². The van der Waals surface area contributed by atoms with E-state index < -0.39 is 5.91 Å². The minimum absolute atomic E-state index is 0.167. The second kappa shape index (κ2) is 4.34. The molecule has 0 spiro atoms. The first kappa shape index (κ1) is 11.3. The number of primary amides is 1. The molecule has 2 aromatic rings. The van der Waals surface area contributed by atoms with E-state index in [2.05, 4.69) is 10.1 Å². The highest BCUT2D eigenvalue weighted by molar-refractivity contribution is 5.92. The first-order valence-corrected chi connectivity index (χ1v) is 5.15. The van der Waals surface area contributed by atoms with Crippen molar-refractivity contribution < 1.29 is 4.79 Å². The lowest BCUT2D eigenvalue weighted by Crippen LogP contribution is -2.12. The number of aromatic nitrogens is 3. The number of pyridine rings is 1. The Bertz CT molecular complexity index is 546. The maximum atomic E-state index is 11.0. The fourth-order valence-electron chi connectivity index (χ4n) is 1.52. The van der Waals surface area contributed by atoms with Crippen LogP contribution < -0.4 is 11.5 Å². The molecular formula is C11H13N5O. The molecule has 6 heteroatoms. The van der Waals surface area contributed by atoms with Gasteiger partial charge in [0.15, 0.2) is 5.82 Å². The first-order valence-electron chi connectivity index (χ1n) is 5.15. The average molecular weight is 231 g/mol. The van der Waals surface area contributed by atoms with Gasteiger partial charge in [-0.3, -0.25) is 4.79 Å². The Morgan fingerprint density at radius 2 is 2.29 bits per heavy atom. The Labute approximate surface area is 98.3 Å². The maximum Gasteiger partial charge on any atom is 0.251 e. The predicted molar refractivity (Wildman–Crippen MR) is 62.5 cm³/mol. The molecule has 0 bridgehead atoms. The van der Waals surface area contributed by atoms with E-state index in [1.165, 1.54) is 17.1 Å². The van der Waals surface area contributed by atoms with Gasteiger partial charge in [0.05, 0.1) is 11.8 Å². The summed E-state index contributed by atoms with van der Waals surface area (Å²) in [6.07, 6.45) is 4.59. The van der Waals surface area contributed by atoms with Crippen LogP contribution in [0.15, 0.2) is 30.7 Å². The second-order valence-corrected chi connectivity index (χ2v) is 3.74. The molecule has 1 atom stereocenters. The Kier molecular flexibility index (Phi) is 2.88. The number of nitrogens with two attached hydrogens (primary N) is 2. The molecule has 0 aromatic carbocycles. The van der Waals surface area contributed by atoms with E-state index in [1.807, 2.05) is 13.0 Å². The molecule has 4 N–H and O–H groups in total. The van der Waals surface area contributed by atoms with E-state index in [-0.39, 0.29) is 6.04 Å². The zero-order valence-corrected chi connectivity index (χ0v) is 9.37. The van der Waals surface area contributed by atoms with Crippen LogP contribution in [-0.2, 0) is 0 Å². The van der Waals surface area contributed by atoms with E-state index in [1.54, 1.807) is 12.3 Å². The van der Waals surface area contributed by atoms with Crippen molar-refractivity contribution in [2.75, 3.05) is 0 Å². The fraction of sp³-hybridized carbons (Fsp3) is 0.182. The molecular weight excluding hydrogens is 218 g/mol. The largest absolute Gasteiger partial charge is 0.366 e. The standard InChI is InChI=1S/C11H13N5O/c1-7(12)9-3-2-4-14-11(9)16-6-8(5-15-16)10(13)17/h2-7H,12H2,1H3,(H2,13,17)/t7-/m0/s1. The van der Waals surface area contributed by atoms with Gasteiger partial charge in [0.1, 0.15) is 0 Å². The SMILES string of the molecule is C[C@H](N)c1cccnc1-n1cc(C(N)=O)cn1. The van der Waals surface area contributed by atoms with Crippen molar-refractivity contribution in [1.29, 1.82) is 0 Å². The molecule has 2 rings (SSSR count). The van der Waals surface area contributed by atoms with Crippen molar-refractivity contribution in [2.45, 2.75) is 13.0 Å². The van der Waals surface area contributed by atoms with Crippen LogP contribution in [0.5, 0.6) is 0 Å². The van der Waals surface area contributed by atoms with Gasteiger partial charge in [-0.2, -0.15) is 5.10 Å². The van der Waals surface area contributed by atoms with Crippen molar-refractivity contribution in [3.8, 4) is 5.82 Å². The van der Waals surface area contributed by atoms with Gasteiger partial charge in [-0.25, -0.2) is 9.67 Å². The van der Waals surface area contributed by atoms with Crippen LogP contribution in [0.2, 0.25) is 0 Å². The topological polar surface area (TPSA) is 99.8 Å². The van der Waals surface area contributed by atoms with Gasteiger partial charge in [-0.15, -0.1) is 0 Å². The highest BCUT2D eigenvalue weighted by Crippen LogP contribution is 2.17. The van der Waals surface area contributed by atoms with Gasteiger partial charge in [0.25, 0.3) is 5.91 Å². The summed E-state index contributed by atoms with van der Waals surface area (Å²) in [6.45, 7) is 1.86. The summed E-state index contributed by atoms with van der Waals surface area (Å²) in [4.78, 5) is 15.2. The van der Waals surface area contributed by atoms with Crippen LogP contribution >= 0.6 is 0 Å². The van der Waals surface area contributed by atoms with Crippen molar-refractivity contribution in [2.24, 2.45) is 11.5 Å². The van der Waals surface area contributed by atoms with Gasteiger partial charge < -0.3 is 11.5 Å². The number of amides is 1. The number of hydrogen-bond acceptors (Lipinski definition) is 4. The van der Waals surface area contributed by atoms with Crippen molar-refractivity contribution in [1.82, 2.24) is 14.8 Å². The average Bonchev–Trinajstić information content (AvgIpc) is 2.78. The zero-order chi connectivity index (χ0) is 12.4. The molecule has 88 valence electrons. The third kappa shape index (κ3) is 2.16. The number of carbonyl (C=O) groups excluding carboxylic acids is 1. The molecule has 0 saturated heterocycles. The molecule has 0 saturated carbocycles. The Morgan fingerprint density at radius 3 is 2.88 bits per heavy atom. The highest BCUT2D eigenvalue weighted by atomic mass is 16.1. The summed E-state index contributed by atoms with van der Waals surface area (Å²) >= 11 is 0. The lowest BCUT2D eigenvalue weighted by Gasteiger charge is -2.10. The lowest BCUT2D eigenvalue weighted by molar-refractivity contribution is 0.100. The smallest absolute Gasteiger partial charge is 0.251 e. The van der Waals surface area contributed by atoms with Crippen LogP contribution in [0.4, 0.5) is 0 Å².